The van der Waals surface area contributed by atoms with Crippen LogP contribution in [0.1, 0.15) is 26.7 Å². The van der Waals surface area contributed by atoms with Gasteiger partial charge in [0.15, 0.2) is 0 Å². The fourth-order valence-corrected chi connectivity index (χ4v) is 1.31. The summed E-state index contributed by atoms with van der Waals surface area (Å²) in [5.74, 6) is 7.67. The number of nitrogens with two attached hydrogens (primary N) is 1. The van der Waals surface area contributed by atoms with E-state index >= 15 is 0 Å². The zero-order valence-corrected chi connectivity index (χ0v) is 7.30. The molecule has 0 spiro atoms. The summed E-state index contributed by atoms with van der Waals surface area (Å²) >= 11 is 0. The number of hydrogen-bond acceptors (Lipinski definition) is 2. The summed E-state index contributed by atoms with van der Waals surface area (Å²) in [5.41, 5.74) is 2.67. The van der Waals surface area contributed by atoms with Gasteiger partial charge < -0.3 is 5.43 Å². The van der Waals surface area contributed by atoms with Crippen LogP contribution in [0.3, 0.4) is 0 Å². The number of nitrogens with one attached hydrogen (secondary N) is 1. The van der Waals surface area contributed by atoms with Crippen molar-refractivity contribution in [3.63, 3.8) is 0 Å². The summed E-state index contributed by atoms with van der Waals surface area (Å²) in [5, 5.41) is 0. The van der Waals surface area contributed by atoms with Gasteiger partial charge in [-0.05, 0) is 25.7 Å². The number of amidine groups is 1. The SMILES string of the molecule is CCN=C(NN)C(C)C1CC1. The molecule has 0 saturated heterocycles. The van der Waals surface area contributed by atoms with Crippen molar-refractivity contribution < 1.29 is 0 Å². The van der Waals surface area contributed by atoms with Crippen LogP contribution < -0.4 is 11.3 Å². The first-order valence-electron chi connectivity index (χ1n) is 4.30. The Morgan fingerprint density at radius 3 is 2.73 bits per heavy atom. The molecule has 1 aliphatic carbocycles. The summed E-state index contributed by atoms with van der Waals surface area (Å²) in [6, 6.07) is 0. The van der Waals surface area contributed by atoms with E-state index in [0.717, 1.165) is 18.3 Å². The predicted octanol–water partition coefficient (Wildman–Crippen LogP) is 0.914. The second-order valence-electron chi connectivity index (χ2n) is 3.13. The first-order chi connectivity index (χ1) is 5.29. The van der Waals surface area contributed by atoms with Crippen LogP contribution in [-0.2, 0) is 0 Å². The molecule has 1 unspecified atom stereocenters. The van der Waals surface area contributed by atoms with Gasteiger partial charge in [0, 0.05) is 12.5 Å². The van der Waals surface area contributed by atoms with Crippen molar-refractivity contribution >= 4 is 5.84 Å². The second-order valence-corrected chi connectivity index (χ2v) is 3.13. The quantitative estimate of drug-likeness (QED) is 0.275. The topological polar surface area (TPSA) is 50.4 Å². The van der Waals surface area contributed by atoms with Gasteiger partial charge >= 0.3 is 0 Å². The first-order valence-corrected chi connectivity index (χ1v) is 4.30. The minimum Gasteiger partial charge on any atom is -0.312 e. The van der Waals surface area contributed by atoms with E-state index in [1.165, 1.54) is 12.8 Å². The van der Waals surface area contributed by atoms with Crippen LogP contribution in [0.4, 0.5) is 0 Å². The lowest BCUT2D eigenvalue weighted by molar-refractivity contribution is 0.638. The monoisotopic (exact) mass is 155 g/mol. The highest BCUT2D eigenvalue weighted by Gasteiger charge is 2.30. The van der Waals surface area contributed by atoms with E-state index in [4.69, 9.17) is 5.84 Å². The minimum atomic E-state index is 0.528. The molecule has 0 aromatic rings. The molecule has 1 saturated carbocycles. The van der Waals surface area contributed by atoms with Crippen LogP contribution in [0, 0.1) is 11.8 Å². The predicted molar refractivity (Wildman–Crippen MR) is 47.2 cm³/mol. The van der Waals surface area contributed by atoms with E-state index in [-0.39, 0.29) is 0 Å². The van der Waals surface area contributed by atoms with Crippen molar-refractivity contribution in [3.05, 3.63) is 0 Å². The Kier molecular flexibility index (Phi) is 2.88. The molecule has 1 atom stereocenters. The summed E-state index contributed by atoms with van der Waals surface area (Å²) in [4.78, 5) is 4.28. The zero-order valence-electron chi connectivity index (χ0n) is 7.30. The Morgan fingerprint density at radius 2 is 2.36 bits per heavy atom. The number of aliphatic imine (C=N–C) groups is 1. The van der Waals surface area contributed by atoms with Crippen molar-refractivity contribution in [2.75, 3.05) is 6.54 Å². The highest BCUT2D eigenvalue weighted by Crippen LogP contribution is 2.36. The third kappa shape index (κ3) is 2.19. The molecule has 0 aromatic carbocycles. The maximum absolute atomic E-state index is 5.34. The number of nitrogens with zero attached hydrogens (tertiary/aromatic N) is 1. The fraction of sp³-hybridized carbons (Fsp3) is 0.875. The van der Waals surface area contributed by atoms with Gasteiger partial charge in [0.2, 0.25) is 0 Å². The fourth-order valence-electron chi connectivity index (χ4n) is 1.31. The van der Waals surface area contributed by atoms with E-state index < -0.39 is 0 Å². The normalized spacial score (nSPS) is 21.5. The van der Waals surface area contributed by atoms with Crippen molar-refractivity contribution in [2.45, 2.75) is 26.7 Å². The maximum atomic E-state index is 5.34. The van der Waals surface area contributed by atoms with Crippen LogP contribution in [0.5, 0.6) is 0 Å². The highest BCUT2D eigenvalue weighted by atomic mass is 15.3. The third-order valence-corrected chi connectivity index (χ3v) is 2.24. The number of rotatable bonds is 3. The Bertz CT molecular complexity index is 149. The second kappa shape index (κ2) is 3.72. The van der Waals surface area contributed by atoms with Crippen LogP contribution >= 0.6 is 0 Å². The van der Waals surface area contributed by atoms with Crippen molar-refractivity contribution in [3.8, 4) is 0 Å². The van der Waals surface area contributed by atoms with Crippen molar-refractivity contribution in [1.29, 1.82) is 0 Å². The largest absolute Gasteiger partial charge is 0.312 e. The highest BCUT2D eigenvalue weighted by molar-refractivity contribution is 5.84. The minimum absolute atomic E-state index is 0.528. The Morgan fingerprint density at radius 1 is 1.73 bits per heavy atom. The molecule has 3 N–H and O–H groups in total. The summed E-state index contributed by atoms with van der Waals surface area (Å²) in [6.07, 6.45) is 2.68. The molecule has 1 rings (SSSR count). The first kappa shape index (κ1) is 8.53. The molecular formula is C8H17N3. The average Bonchev–Trinajstić information content (AvgIpc) is 2.81. The van der Waals surface area contributed by atoms with Gasteiger partial charge in [-0.25, -0.2) is 5.84 Å². The lowest BCUT2D eigenvalue weighted by atomic mass is 10.1. The third-order valence-electron chi connectivity index (χ3n) is 2.24. The van der Waals surface area contributed by atoms with Gasteiger partial charge in [0.1, 0.15) is 5.84 Å². The molecule has 0 heterocycles. The van der Waals surface area contributed by atoms with Gasteiger partial charge in [-0.2, -0.15) is 0 Å². The average molecular weight is 155 g/mol. The van der Waals surface area contributed by atoms with Crippen LogP contribution in [-0.4, -0.2) is 12.4 Å². The molecule has 0 aromatic heterocycles. The summed E-state index contributed by atoms with van der Waals surface area (Å²) in [7, 11) is 0. The van der Waals surface area contributed by atoms with Gasteiger partial charge in [0.25, 0.3) is 0 Å². The van der Waals surface area contributed by atoms with Gasteiger partial charge in [0.05, 0.1) is 0 Å². The van der Waals surface area contributed by atoms with E-state index in [1.807, 2.05) is 6.92 Å². The van der Waals surface area contributed by atoms with Crippen molar-refractivity contribution in [2.24, 2.45) is 22.7 Å². The van der Waals surface area contributed by atoms with E-state index in [0.29, 0.717) is 5.92 Å². The molecule has 0 amide bonds. The smallest absolute Gasteiger partial charge is 0.113 e. The number of hydrogen-bond donors (Lipinski definition) is 2. The summed E-state index contributed by atoms with van der Waals surface area (Å²) in [6.45, 7) is 5.03. The van der Waals surface area contributed by atoms with Crippen LogP contribution in [0.15, 0.2) is 4.99 Å². The molecule has 3 nitrogen and oxygen atoms in total. The van der Waals surface area contributed by atoms with Crippen LogP contribution in [0.2, 0.25) is 0 Å². The molecule has 3 heteroatoms. The zero-order chi connectivity index (χ0) is 8.27. The standard InChI is InChI=1S/C8H17N3/c1-3-10-8(11-9)6(2)7-4-5-7/h6-7H,3-5,9H2,1-2H3,(H,10,11). The van der Waals surface area contributed by atoms with Crippen LogP contribution in [0.25, 0.3) is 0 Å². The Labute approximate surface area is 68.0 Å². The lowest BCUT2D eigenvalue weighted by Crippen LogP contribution is -2.36. The van der Waals surface area contributed by atoms with E-state index in [9.17, 15) is 0 Å². The molecule has 11 heavy (non-hydrogen) atoms. The van der Waals surface area contributed by atoms with E-state index in [2.05, 4.69) is 17.3 Å². The van der Waals surface area contributed by atoms with Gasteiger partial charge in [-0.3, -0.25) is 4.99 Å². The molecule has 0 aliphatic heterocycles. The van der Waals surface area contributed by atoms with E-state index in [1.54, 1.807) is 0 Å². The van der Waals surface area contributed by atoms with Gasteiger partial charge in [-0.15, -0.1) is 0 Å². The van der Waals surface area contributed by atoms with Crippen molar-refractivity contribution in [1.82, 2.24) is 5.43 Å². The maximum Gasteiger partial charge on any atom is 0.113 e. The van der Waals surface area contributed by atoms with Gasteiger partial charge in [-0.1, -0.05) is 6.92 Å². The summed E-state index contributed by atoms with van der Waals surface area (Å²) < 4.78 is 0. The molecule has 64 valence electrons. The number of hydrazine groups is 1. The molecule has 1 fully saturated rings. The lowest BCUT2D eigenvalue weighted by Gasteiger charge is -2.12. The molecule has 0 bridgehead atoms. The Balaban J connectivity index is 2.45. The molecule has 1 aliphatic rings. The molecule has 0 radical (unpaired) electrons. The molecular weight excluding hydrogens is 138 g/mol. The Hall–Kier alpha value is -0.570.